The van der Waals surface area contributed by atoms with E-state index >= 15 is 4.39 Å². The number of phenolic OH excluding ortho intramolecular Hbond substituents is 1. The van der Waals surface area contributed by atoms with Gasteiger partial charge in [0.2, 0.25) is 11.7 Å². The first-order valence-electron chi connectivity index (χ1n) is 12.0. The number of nitrogens with two attached hydrogens (primary N) is 1. The Morgan fingerprint density at radius 1 is 1.24 bits per heavy atom. The van der Waals surface area contributed by atoms with Crippen molar-refractivity contribution in [1.29, 1.82) is 0 Å². The molecule has 38 heavy (non-hydrogen) atoms. The number of likely N-dealkylation sites (N-methyl/N-ethyl adjacent to an activating group) is 1. The largest absolute Gasteiger partial charge is 0.510 e. The third kappa shape index (κ3) is 3.38. The number of ketones is 2. The molecule has 0 saturated carbocycles. The van der Waals surface area contributed by atoms with Crippen LogP contribution in [-0.4, -0.2) is 87.0 Å². The maximum atomic E-state index is 15.2. The summed E-state index contributed by atoms with van der Waals surface area (Å²) in [6.07, 6.45) is 0.199. The fourth-order valence-corrected chi connectivity index (χ4v) is 6.10. The molecule has 0 radical (unpaired) electrons. The van der Waals surface area contributed by atoms with Crippen LogP contribution in [0, 0.1) is 17.7 Å². The summed E-state index contributed by atoms with van der Waals surface area (Å²) in [6.45, 7) is 0.623. The first kappa shape index (κ1) is 25.8. The lowest BCUT2D eigenvalue weighted by Crippen LogP contribution is -2.63. The van der Waals surface area contributed by atoms with E-state index in [4.69, 9.17) is 5.73 Å². The number of hydrogen-bond acceptors (Lipinski definition) is 10. The highest BCUT2D eigenvalue weighted by Crippen LogP contribution is 2.53. The Bertz CT molecular complexity index is 1380. The van der Waals surface area contributed by atoms with E-state index in [1.807, 2.05) is 0 Å². The van der Waals surface area contributed by atoms with Gasteiger partial charge in [0.25, 0.3) is 5.91 Å². The lowest BCUT2D eigenvalue weighted by molar-refractivity contribution is -0.148. The molecule has 5 atom stereocenters. The molecule has 0 unspecified atom stereocenters. The Balaban J connectivity index is 1.64. The molecular weight excluding hydrogens is 503 g/mol. The number of primary amides is 1. The van der Waals surface area contributed by atoms with E-state index in [1.54, 1.807) is 0 Å². The van der Waals surface area contributed by atoms with E-state index in [9.17, 15) is 39.6 Å². The van der Waals surface area contributed by atoms with Crippen LogP contribution in [-0.2, 0) is 20.8 Å². The standard InChI is InChI=1S/C25H27FN4O8/c1-30(2)17-10-6-8-5-9-11(26)7-13(29-24(37)12-3-4-28-12)18(31)15(9)19(32)14(8)21(34)25(10,38)22(35)16(20(17)33)23(27)36/h7-8,10,12,17,28,31,33-34,38H,3-6H2,1-2H3,(H2,27,36)(H,29,37)/t8-,10-,12-,17-,25-/m0/s1. The molecule has 13 heteroatoms. The van der Waals surface area contributed by atoms with Crippen molar-refractivity contribution in [2.24, 2.45) is 17.6 Å². The maximum absolute atomic E-state index is 15.2. The Morgan fingerprint density at radius 2 is 1.89 bits per heavy atom. The number of nitrogens with zero attached hydrogens (tertiary/aromatic N) is 1. The number of carbonyl (C=O) groups excluding carboxylic acids is 4. The molecule has 8 N–H and O–H groups in total. The molecule has 1 aromatic carbocycles. The van der Waals surface area contributed by atoms with Crippen molar-refractivity contribution in [3.63, 3.8) is 0 Å². The number of aliphatic hydroxyl groups is 3. The fourth-order valence-electron chi connectivity index (χ4n) is 6.10. The molecule has 1 aliphatic heterocycles. The minimum atomic E-state index is -2.79. The summed E-state index contributed by atoms with van der Waals surface area (Å²) < 4.78 is 15.2. The first-order chi connectivity index (χ1) is 17.8. The average Bonchev–Trinajstić information content (AvgIpc) is 2.78. The second-order valence-corrected chi connectivity index (χ2v) is 10.4. The summed E-state index contributed by atoms with van der Waals surface area (Å²) in [5, 5.41) is 49.7. The highest BCUT2D eigenvalue weighted by Gasteiger charge is 2.63. The molecule has 202 valence electrons. The van der Waals surface area contributed by atoms with Crippen LogP contribution in [0.2, 0.25) is 0 Å². The number of amides is 2. The zero-order chi connectivity index (χ0) is 27.8. The van der Waals surface area contributed by atoms with Gasteiger partial charge in [0.1, 0.15) is 22.9 Å². The van der Waals surface area contributed by atoms with Crippen molar-refractivity contribution in [3.05, 3.63) is 45.7 Å². The van der Waals surface area contributed by atoms with Crippen LogP contribution < -0.4 is 16.4 Å². The second kappa shape index (κ2) is 8.61. The van der Waals surface area contributed by atoms with Crippen molar-refractivity contribution < 1.29 is 44.0 Å². The maximum Gasteiger partial charge on any atom is 0.255 e. The van der Waals surface area contributed by atoms with Crippen molar-refractivity contribution in [1.82, 2.24) is 10.2 Å². The normalized spacial score (nSPS) is 30.4. The quantitative estimate of drug-likeness (QED) is 0.198. The van der Waals surface area contributed by atoms with Gasteiger partial charge in [-0.2, -0.15) is 0 Å². The van der Waals surface area contributed by atoms with Gasteiger partial charge in [0, 0.05) is 23.1 Å². The summed E-state index contributed by atoms with van der Waals surface area (Å²) in [5.74, 6) is -9.69. The molecule has 1 heterocycles. The Labute approximate surface area is 215 Å². The van der Waals surface area contributed by atoms with Gasteiger partial charge in [0.15, 0.2) is 17.1 Å². The number of aromatic hydroxyl groups is 1. The van der Waals surface area contributed by atoms with Gasteiger partial charge in [-0.05, 0) is 45.8 Å². The van der Waals surface area contributed by atoms with Gasteiger partial charge in [-0.25, -0.2) is 4.39 Å². The molecule has 1 saturated heterocycles. The van der Waals surface area contributed by atoms with Gasteiger partial charge in [-0.3, -0.25) is 24.1 Å². The van der Waals surface area contributed by atoms with Gasteiger partial charge < -0.3 is 36.8 Å². The monoisotopic (exact) mass is 530 g/mol. The molecule has 12 nitrogen and oxygen atoms in total. The fraction of sp³-hybridized carbons (Fsp3) is 0.440. The lowest BCUT2D eigenvalue weighted by Gasteiger charge is -2.50. The molecule has 0 spiro atoms. The third-order valence-corrected chi connectivity index (χ3v) is 8.07. The van der Waals surface area contributed by atoms with E-state index in [1.165, 1.54) is 19.0 Å². The Hall–Kier alpha value is -3.81. The number of halogens is 1. The number of fused-ring (bicyclic) bond motifs is 3. The number of aliphatic hydroxyl groups excluding tert-OH is 2. The predicted molar refractivity (Wildman–Crippen MR) is 129 cm³/mol. The van der Waals surface area contributed by atoms with E-state index in [-0.39, 0.29) is 24.1 Å². The van der Waals surface area contributed by atoms with Crippen LogP contribution in [0.1, 0.15) is 28.8 Å². The molecule has 0 aromatic heterocycles. The van der Waals surface area contributed by atoms with Crippen LogP contribution in [0.3, 0.4) is 0 Å². The van der Waals surface area contributed by atoms with E-state index in [0.717, 1.165) is 6.07 Å². The molecule has 1 aromatic rings. The number of Topliss-reactive ketones (excluding diaryl/α,β-unsaturated/α-hetero) is 2. The molecular formula is C25H27FN4O8. The van der Waals surface area contributed by atoms with Gasteiger partial charge >= 0.3 is 0 Å². The Kier molecular flexibility index (Phi) is 5.85. The van der Waals surface area contributed by atoms with Crippen LogP contribution in [0.25, 0.3) is 0 Å². The summed E-state index contributed by atoms with van der Waals surface area (Å²) in [4.78, 5) is 52.7. The van der Waals surface area contributed by atoms with E-state index in [0.29, 0.717) is 13.0 Å². The van der Waals surface area contributed by atoms with Crippen LogP contribution in [0.4, 0.5) is 10.1 Å². The van der Waals surface area contributed by atoms with E-state index < -0.39 is 92.7 Å². The highest BCUT2D eigenvalue weighted by molar-refractivity contribution is 6.25. The Morgan fingerprint density at radius 3 is 2.45 bits per heavy atom. The summed E-state index contributed by atoms with van der Waals surface area (Å²) >= 11 is 0. The number of carbonyl (C=O) groups is 4. The van der Waals surface area contributed by atoms with Gasteiger partial charge in [-0.1, -0.05) is 0 Å². The highest BCUT2D eigenvalue weighted by atomic mass is 19.1. The molecule has 4 aliphatic rings. The average molecular weight is 531 g/mol. The molecule has 0 bridgehead atoms. The number of rotatable bonds is 4. The number of nitrogens with one attached hydrogen (secondary N) is 2. The number of hydrogen-bond donors (Lipinski definition) is 7. The van der Waals surface area contributed by atoms with Crippen LogP contribution in [0.5, 0.6) is 5.75 Å². The van der Waals surface area contributed by atoms with Crippen LogP contribution in [0.15, 0.2) is 28.7 Å². The topological polar surface area (TPSA) is 203 Å². The minimum absolute atomic E-state index is 0.152. The number of phenols is 1. The smallest absolute Gasteiger partial charge is 0.255 e. The molecule has 2 amide bonds. The summed E-state index contributed by atoms with van der Waals surface area (Å²) in [6, 6.07) is -0.765. The molecule has 1 fully saturated rings. The second-order valence-electron chi connectivity index (χ2n) is 10.4. The molecule has 5 rings (SSSR count). The van der Waals surface area contributed by atoms with Gasteiger partial charge in [0.05, 0.1) is 23.3 Å². The number of benzene rings is 1. The zero-order valence-corrected chi connectivity index (χ0v) is 20.5. The van der Waals surface area contributed by atoms with Crippen molar-refractivity contribution in [2.45, 2.75) is 36.9 Å². The number of allylic oxidation sites excluding steroid dienone is 1. The van der Waals surface area contributed by atoms with Crippen molar-refractivity contribution in [2.75, 3.05) is 26.0 Å². The zero-order valence-electron chi connectivity index (χ0n) is 20.5. The summed E-state index contributed by atoms with van der Waals surface area (Å²) in [7, 11) is 3.03. The molecule has 3 aliphatic carbocycles. The minimum Gasteiger partial charge on any atom is -0.510 e. The van der Waals surface area contributed by atoms with E-state index in [2.05, 4.69) is 10.6 Å². The third-order valence-electron chi connectivity index (χ3n) is 8.07. The SMILES string of the molecule is CN(C)[C@@H]1C(O)=C(C(N)=O)C(=O)[C@@]2(O)C(O)=C3C(=O)c4c(O)c(NC(=O)[C@@H]5CCN5)cc(F)c4C[C@H]3C[C@@H]12. The number of anilines is 1. The van der Waals surface area contributed by atoms with Gasteiger partial charge in [-0.15, -0.1) is 0 Å². The first-order valence-corrected chi connectivity index (χ1v) is 12.0. The van der Waals surface area contributed by atoms with Crippen LogP contribution >= 0.6 is 0 Å². The van der Waals surface area contributed by atoms with Crippen molar-refractivity contribution in [3.8, 4) is 5.75 Å². The lowest BCUT2D eigenvalue weighted by atomic mass is 9.58. The van der Waals surface area contributed by atoms with Crippen molar-refractivity contribution >= 4 is 29.1 Å². The summed E-state index contributed by atoms with van der Waals surface area (Å²) in [5.41, 5.74) is 0.176. The predicted octanol–water partition coefficient (Wildman–Crippen LogP) is -0.440.